The van der Waals surface area contributed by atoms with Gasteiger partial charge in [0, 0.05) is 11.1 Å². The van der Waals surface area contributed by atoms with E-state index in [0.717, 1.165) is 15.7 Å². The molecule has 1 N–H and O–H groups in total. The van der Waals surface area contributed by atoms with Crippen molar-refractivity contribution >= 4 is 51.5 Å². The number of anilines is 2. The van der Waals surface area contributed by atoms with Gasteiger partial charge in [-0.2, -0.15) is 0 Å². The second kappa shape index (κ2) is 10.2. The maximum atomic E-state index is 13.0. The van der Waals surface area contributed by atoms with E-state index in [4.69, 9.17) is 21.1 Å². The quantitative estimate of drug-likeness (QED) is 0.189. The molecule has 0 unspecified atom stereocenters. The molecule has 0 aromatic heterocycles. The fraction of sp³-hybridized carbons (Fsp3) is 0.0690. The molecule has 0 saturated heterocycles. The fourth-order valence-corrected chi connectivity index (χ4v) is 4.19. The molecule has 7 nitrogen and oxygen atoms in total. The molecule has 0 saturated carbocycles. The summed E-state index contributed by atoms with van der Waals surface area (Å²) in [5.41, 5.74) is 1.12. The number of nitrogens with zero attached hydrogens (tertiary/aromatic N) is 1. The van der Waals surface area contributed by atoms with Crippen molar-refractivity contribution in [3.8, 4) is 11.5 Å². The van der Waals surface area contributed by atoms with Crippen molar-refractivity contribution in [1.29, 1.82) is 0 Å². The predicted octanol–water partition coefficient (Wildman–Crippen LogP) is 5.89. The van der Waals surface area contributed by atoms with Crippen LogP contribution in [0.1, 0.15) is 17.3 Å². The summed E-state index contributed by atoms with van der Waals surface area (Å²) in [5, 5.41) is 4.48. The van der Waals surface area contributed by atoms with Gasteiger partial charge in [0.05, 0.1) is 17.9 Å². The second-order valence-electron chi connectivity index (χ2n) is 8.13. The van der Waals surface area contributed by atoms with Gasteiger partial charge in [0.15, 0.2) is 0 Å². The number of imide groups is 1. The molecule has 4 aromatic carbocycles. The Hall–Kier alpha value is -4.62. The number of nitrogens with one attached hydrogen (secondary N) is 1. The summed E-state index contributed by atoms with van der Waals surface area (Å²) in [6.45, 7) is 2.37. The highest BCUT2D eigenvalue weighted by atomic mass is 35.5. The molecule has 0 fully saturated rings. The van der Waals surface area contributed by atoms with Gasteiger partial charge in [-0.25, -0.2) is 9.69 Å². The summed E-state index contributed by atoms with van der Waals surface area (Å²) in [5.74, 6) is -0.644. The van der Waals surface area contributed by atoms with Crippen molar-refractivity contribution in [2.75, 3.05) is 16.8 Å². The zero-order valence-corrected chi connectivity index (χ0v) is 20.5. The predicted molar refractivity (Wildman–Crippen MR) is 142 cm³/mol. The molecule has 2 amide bonds. The van der Waals surface area contributed by atoms with Crippen LogP contribution in [0.4, 0.5) is 11.4 Å². The Morgan fingerprint density at radius 2 is 1.57 bits per heavy atom. The van der Waals surface area contributed by atoms with Crippen LogP contribution >= 0.6 is 11.6 Å². The van der Waals surface area contributed by atoms with Crippen molar-refractivity contribution in [2.24, 2.45) is 0 Å². The molecule has 8 heteroatoms. The lowest BCUT2D eigenvalue weighted by molar-refractivity contribution is -0.120. The Kier molecular flexibility index (Phi) is 6.62. The van der Waals surface area contributed by atoms with Gasteiger partial charge in [-0.05, 0) is 66.9 Å². The van der Waals surface area contributed by atoms with E-state index in [1.807, 2.05) is 43.3 Å². The van der Waals surface area contributed by atoms with Gasteiger partial charge in [-0.3, -0.25) is 9.59 Å². The first-order valence-electron chi connectivity index (χ1n) is 11.5. The van der Waals surface area contributed by atoms with Gasteiger partial charge >= 0.3 is 5.97 Å². The van der Waals surface area contributed by atoms with E-state index in [-0.39, 0.29) is 10.7 Å². The minimum atomic E-state index is -0.631. The highest BCUT2D eigenvalue weighted by Gasteiger charge is 2.39. The summed E-state index contributed by atoms with van der Waals surface area (Å²) >= 11 is 6.23. The molecule has 1 aliphatic heterocycles. The number of fused-ring (bicyclic) bond motifs is 1. The second-order valence-corrected chi connectivity index (χ2v) is 8.51. The van der Waals surface area contributed by atoms with Crippen molar-refractivity contribution < 1.29 is 23.9 Å². The SMILES string of the molecule is CCOc1ccc(N2C(=O)C(Cl)=C(Nc3ccc(C(=O)Oc4cccc5ccccc45)cc3)C2=O)cc1. The van der Waals surface area contributed by atoms with E-state index in [1.165, 1.54) is 0 Å². The Bertz CT molecular complexity index is 1540. The number of amides is 2. The van der Waals surface area contributed by atoms with Crippen LogP contribution in [0.5, 0.6) is 11.5 Å². The highest BCUT2D eigenvalue weighted by molar-refractivity contribution is 6.53. The number of carbonyl (C=O) groups is 3. The van der Waals surface area contributed by atoms with Gasteiger partial charge in [0.1, 0.15) is 22.2 Å². The first-order chi connectivity index (χ1) is 18.0. The molecule has 0 atom stereocenters. The van der Waals surface area contributed by atoms with Crippen LogP contribution in [-0.4, -0.2) is 24.4 Å². The summed E-state index contributed by atoms with van der Waals surface area (Å²) in [4.78, 5) is 39.5. The van der Waals surface area contributed by atoms with Crippen LogP contribution in [0.2, 0.25) is 0 Å². The third-order valence-electron chi connectivity index (χ3n) is 5.78. The van der Waals surface area contributed by atoms with Crippen LogP contribution < -0.4 is 19.7 Å². The smallest absolute Gasteiger partial charge is 0.343 e. The summed E-state index contributed by atoms with van der Waals surface area (Å²) < 4.78 is 11.0. The lowest BCUT2D eigenvalue weighted by Gasteiger charge is -2.15. The first kappa shape index (κ1) is 24.1. The number of ether oxygens (including phenoxy) is 2. The van der Waals surface area contributed by atoms with E-state index >= 15 is 0 Å². The van der Waals surface area contributed by atoms with Crippen LogP contribution in [0.3, 0.4) is 0 Å². The molecular formula is C29H21ClN2O5. The molecule has 0 radical (unpaired) electrons. The van der Waals surface area contributed by atoms with Crippen LogP contribution in [0.25, 0.3) is 10.8 Å². The average Bonchev–Trinajstić information content (AvgIpc) is 3.13. The van der Waals surface area contributed by atoms with Gasteiger partial charge in [0.2, 0.25) is 0 Å². The molecular weight excluding hydrogens is 492 g/mol. The summed E-state index contributed by atoms with van der Waals surface area (Å²) in [6, 6.07) is 26.1. The highest BCUT2D eigenvalue weighted by Crippen LogP contribution is 2.31. The standard InChI is InChI=1S/C29H21ClN2O5/c1-2-36-22-16-14-21(15-17-22)32-27(33)25(30)26(28(32)34)31-20-12-10-19(11-13-20)29(35)37-24-9-5-7-18-6-3-4-8-23(18)24/h3-17,31H,2H2,1H3. The van der Waals surface area contributed by atoms with E-state index < -0.39 is 17.8 Å². The van der Waals surface area contributed by atoms with Gasteiger partial charge in [-0.1, -0.05) is 48.0 Å². The van der Waals surface area contributed by atoms with Gasteiger partial charge in [-0.15, -0.1) is 0 Å². The van der Waals surface area contributed by atoms with E-state index in [1.54, 1.807) is 54.6 Å². The Labute approximate surface area is 217 Å². The van der Waals surface area contributed by atoms with Crippen LogP contribution in [0, 0.1) is 0 Å². The Morgan fingerprint density at radius 1 is 0.865 bits per heavy atom. The normalized spacial score (nSPS) is 13.3. The maximum absolute atomic E-state index is 13.0. The monoisotopic (exact) mass is 512 g/mol. The molecule has 0 bridgehead atoms. The Morgan fingerprint density at radius 3 is 2.30 bits per heavy atom. The van der Waals surface area contributed by atoms with Crippen molar-refractivity contribution in [3.63, 3.8) is 0 Å². The Balaban J connectivity index is 1.29. The molecule has 184 valence electrons. The molecule has 0 aliphatic carbocycles. The van der Waals surface area contributed by atoms with Crippen molar-refractivity contribution in [3.05, 3.63) is 107 Å². The largest absolute Gasteiger partial charge is 0.494 e. The average molecular weight is 513 g/mol. The molecule has 1 heterocycles. The zero-order chi connectivity index (χ0) is 25.9. The van der Waals surface area contributed by atoms with Gasteiger partial charge in [0.25, 0.3) is 11.8 Å². The minimum Gasteiger partial charge on any atom is -0.494 e. The maximum Gasteiger partial charge on any atom is 0.343 e. The van der Waals surface area contributed by atoms with Crippen molar-refractivity contribution in [2.45, 2.75) is 6.92 Å². The third kappa shape index (κ3) is 4.77. The molecule has 1 aliphatic rings. The topological polar surface area (TPSA) is 84.9 Å². The lowest BCUT2D eigenvalue weighted by atomic mass is 10.1. The number of hydrogen-bond donors (Lipinski definition) is 1. The van der Waals surface area contributed by atoms with E-state index in [0.29, 0.717) is 35.0 Å². The summed E-state index contributed by atoms with van der Waals surface area (Å²) in [7, 11) is 0. The third-order valence-corrected chi connectivity index (χ3v) is 6.13. The molecule has 5 rings (SSSR count). The molecule has 0 spiro atoms. The number of carbonyl (C=O) groups excluding carboxylic acids is 3. The van der Waals surface area contributed by atoms with Crippen molar-refractivity contribution in [1.82, 2.24) is 0 Å². The van der Waals surface area contributed by atoms with E-state index in [9.17, 15) is 14.4 Å². The van der Waals surface area contributed by atoms with Crippen LogP contribution in [0.15, 0.2) is 102 Å². The number of rotatable bonds is 7. The summed E-state index contributed by atoms with van der Waals surface area (Å²) in [6.07, 6.45) is 0. The zero-order valence-electron chi connectivity index (χ0n) is 19.7. The lowest BCUT2D eigenvalue weighted by Crippen LogP contribution is -2.32. The number of benzene rings is 4. The van der Waals surface area contributed by atoms with Gasteiger partial charge < -0.3 is 14.8 Å². The fourth-order valence-electron chi connectivity index (χ4n) is 3.98. The minimum absolute atomic E-state index is 0.0494. The van der Waals surface area contributed by atoms with E-state index in [2.05, 4.69) is 5.32 Å². The van der Waals surface area contributed by atoms with Crippen LogP contribution in [-0.2, 0) is 9.59 Å². The first-order valence-corrected chi connectivity index (χ1v) is 11.9. The molecule has 4 aromatic rings. The molecule has 37 heavy (non-hydrogen) atoms. The number of halogens is 1. The number of esters is 1. The number of hydrogen-bond acceptors (Lipinski definition) is 6.